The number of carbonyl (C=O) groups is 1. The molecule has 3 rings (SSSR count). The van der Waals surface area contributed by atoms with Crippen LogP contribution in [-0.4, -0.2) is 21.8 Å². The number of fused-ring (bicyclic) bond motifs is 1. The second-order valence-electron chi connectivity index (χ2n) is 4.94. The van der Waals surface area contributed by atoms with Crippen LogP contribution in [0.1, 0.15) is 17.7 Å². The van der Waals surface area contributed by atoms with E-state index in [1.807, 2.05) is 40.4 Å². The summed E-state index contributed by atoms with van der Waals surface area (Å²) in [5.41, 5.74) is 2.13. The summed E-state index contributed by atoms with van der Waals surface area (Å²) in [6, 6.07) is 10.3. The molecule has 0 spiro atoms. The van der Waals surface area contributed by atoms with E-state index in [2.05, 4.69) is 22.4 Å². The number of hydrogen-bond acceptors (Lipinski definition) is 3. The average molecular weight is 299 g/mol. The molecular formula is C16H17N3OS. The predicted octanol–water partition coefficient (Wildman–Crippen LogP) is 2.69. The van der Waals surface area contributed by atoms with E-state index < -0.39 is 0 Å². The van der Waals surface area contributed by atoms with Crippen LogP contribution < -0.4 is 5.32 Å². The molecule has 108 valence electrons. The van der Waals surface area contributed by atoms with Gasteiger partial charge in [-0.25, -0.2) is 4.98 Å². The van der Waals surface area contributed by atoms with Crippen LogP contribution in [-0.2, 0) is 17.6 Å². The van der Waals surface area contributed by atoms with Gasteiger partial charge in [-0.3, -0.25) is 9.20 Å². The van der Waals surface area contributed by atoms with Gasteiger partial charge in [0.1, 0.15) is 0 Å². The van der Waals surface area contributed by atoms with Crippen LogP contribution in [0.25, 0.3) is 4.96 Å². The van der Waals surface area contributed by atoms with E-state index in [4.69, 9.17) is 0 Å². The summed E-state index contributed by atoms with van der Waals surface area (Å²) in [7, 11) is 0. The molecule has 0 fully saturated rings. The highest BCUT2D eigenvalue weighted by Gasteiger charge is 2.07. The molecular weight excluding hydrogens is 282 g/mol. The molecule has 0 aliphatic rings. The lowest BCUT2D eigenvalue weighted by atomic mass is 10.1. The molecule has 0 saturated heterocycles. The van der Waals surface area contributed by atoms with Crippen molar-refractivity contribution in [2.24, 2.45) is 0 Å². The van der Waals surface area contributed by atoms with Crippen molar-refractivity contribution >= 4 is 22.2 Å². The number of benzene rings is 1. The van der Waals surface area contributed by atoms with Crippen LogP contribution in [0, 0.1) is 0 Å². The summed E-state index contributed by atoms with van der Waals surface area (Å²) in [6.07, 6.45) is 6.15. The second kappa shape index (κ2) is 6.54. The van der Waals surface area contributed by atoms with E-state index >= 15 is 0 Å². The lowest BCUT2D eigenvalue weighted by Crippen LogP contribution is -2.26. The molecule has 2 aromatic heterocycles. The fraction of sp³-hybridized carbons (Fsp3) is 0.250. The number of thiazole rings is 1. The first kappa shape index (κ1) is 13.8. The minimum absolute atomic E-state index is 0.0359. The van der Waals surface area contributed by atoms with E-state index in [1.165, 1.54) is 5.56 Å². The largest absolute Gasteiger partial charge is 0.356 e. The highest BCUT2D eigenvalue weighted by Crippen LogP contribution is 2.11. The molecule has 21 heavy (non-hydrogen) atoms. The number of imidazole rings is 1. The van der Waals surface area contributed by atoms with Gasteiger partial charge in [0, 0.05) is 24.3 Å². The van der Waals surface area contributed by atoms with Gasteiger partial charge in [-0.15, -0.1) is 11.3 Å². The Morgan fingerprint density at radius 1 is 1.29 bits per heavy atom. The van der Waals surface area contributed by atoms with Crippen molar-refractivity contribution in [2.45, 2.75) is 19.3 Å². The highest BCUT2D eigenvalue weighted by atomic mass is 32.1. The van der Waals surface area contributed by atoms with E-state index in [9.17, 15) is 4.79 Å². The van der Waals surface area contributed by atoms with E-state index in [-0.39, 0.29) is 5.91 Å². The molecule has 5 heteroatoms. The Hall–Kier alpha value is -2.14. The number of nitrogens with zero attached hydrogens (tertiary/aromatic N) is 2. The molecule has 0 bridgehead atoms. The van der Waals surface area contributed by atoms with Crippen LogP contribution in [0.15, 0.2) is 48.1 Å². The fourth-order valence-corrected chi connectivity index (χ4v) is 2.97. The summed E-state index contributed by atoms with van der Waals surface area (Å²) in [5.74, 6) is 0.0359. The van der Waals surface area contributed by atoms with Gasteiger partial charge in [0.2, 0.25) is 5.91 Å². The van der Waals surface area contributed by atoms with E-state index in [0.29, 0.717) is 13.0 Å². The summed E-state index contributed by atoms with van der Waals surface area (Å²) < 4.78 is 1.95. The van der Waals surface area contributed by atoms with Gasteiger partial charge in [-0.2, -0.15) is 0 Å². The number of hydrogen-bond donors (Lipinski definition) is 1. The minimum atomic E-state index is 0.0359. The molecule has 1 amide bonds. The summed E-state index contributed by atoms with van der Waals surface area (Å²) in [6.45, 7) is 0.704. The predicted molar refractivity (Wildman–Crippen MR) is 84.5 cm³/mol. The highest BCUT2D eigenvalue weighted by molar-refractivity contribution is 7.15. The third kappa shape index (κ3) is 3.70. The second-order valence-corrected chi connectivity index (χ2v) is 5.81. The van der Waals surface area contributed by atoms with Crippen LogP contribution in [0.2, 0.25) is 0 Å². The van der Waals surface area contributed by atoms with Gasteiger partial charge < -0.3 is 5.32 Å². The molecule has 3 aromatic rings. The summed E-state index contributed by atoms with van der Waals surface area (Å²) in [5, 5.41) is 4.94. The number of amides is 1. The molecule has 0 saturated carbocycles. The number of carbonyl (C=O) groups excluding carboxylic acids is 1. The SMILES string of the molecule is O=C(Cc1cn2ccsc2n1)NCCCc1ccccc1. The number of nitrogens with one attached hydrogen (secondary N) is 1. The zero-order valence-corrected chi connectivity index (χ0v) is 12.5. The van der Waals surface area contributed by atoms with Crippen molar-refractivity contribution in [3.63, 3.8) is 0 Å². The van der Waals surface area contributed by atoms with Crippen LogP contribution in [0.5, 0.6) is 0 Å². The van der Waals surface area contributed by atoms with Crippen molar-refractivity contribution < 1.29 is 4.79 Å². The Morgan fingerprint density at radius 2 is 2.14 bits per heavy atom. The van der Waals surface area contributed by atoms with E-state index in [1.54, 1.807) is 11.3 Å². The Bertz CT molecular complexity index is 689. The monoisotopic (exact) mass is 299 g/mol. The van der Waals surface area contributed by atoms with Crippen LogP contribution in [0.4, 0.5) is 0 Å². The maximum atomic E-state index is 11.9. The van der Waals surface area contributed by atoms with E-state index in [0.717, 1.165) is 23.5 Å². The number of rotatable bonds is 6. The van der Waals surface area contributed by atoms with Crippen molar-refractivity contribution in [1.29, 1.82) is 0 Å². The third-order valence-corrected chi connectivity index (χ3v) is 4.06. The summed E-state index contributed by atoms with van der Waals surface area (Å²) >= 11 is 1.57. The Kier molecular flexibility index (Phi) is 4.31. The molecule has 0 radical (unpaired) electrons. The van der Waals surface area contributed by atoms with Crippen molar-refractivity contribution in [3.8, 4) is 0 Å². The first-order chi connectivity index (χ1) is 10.3. The quantitative estimate of drug-likeness (QED) is 0.711. The molecule has 0 atom stereocenters. The first-order valence-electron chi connectivity index (χ1n) is 7.03. The maximum absolute atomic E-state index is 11.9. The topological polar surface area (TPSA) is 46.4 Å². The van der Waals surface area contributed by atoms with Crippen molar-refractivity contribution in [1.82, 2.24) is 14.7 Å². The van der Waals surface area contributed by atoms with Gasteiger partial charge in [0.25, 0.3) is 0 Å². The molecule has 0 aliphatic heterocycles. The van der Waals surface area contributed by atoms with Gasteiger partial charge in [0.05, 0.1) is 12.1 Å². The van der Waals surface area contributed by atoms with Crippen molar-refractivity contribution in [2.75, 3.05) is 6.54 Å². The standard InChI is InChI=1S/C16H17N3OS/c20-15(11-14-12-19-9-10-21-16(19)18-14)17-8-4-7-13-5-2-1-3-6-13/h1-3,5-6,9-10,12H,4,7-8,11H2,(H,17,20). The minimum Gasteiger partial charge on any atom is -0.356 e. The van der Waals surface area contributed by atoms with Gasteiger partial charge >= 0.3 is 0 Å². The number of aromatic nitrogens is 2. The fourth-order valence-electron chi connectivity index (χ4n) is 2.25. The lowest BCUT2D eigenvalue weighted by molar-refractivity contribution is -0.120. The van der Waals surface area contributed by atoms with Gasteiger partial charge in [-0.05, 0) is 18.4 Å². The maximum Gasteiger partial charge on any atom is 0.226 e. The average Bonchev–Trinajstić information content (AvgIpc) is 3.06. The molecule has 0 aliphatic carbocycles. The lowest BCUT2D eigenvalue weighted by Gasteiger charge is -2.04. The number of aryl methyl sites for hydroxylation is 1. The van der Waals surface area contributed by atoms with Crippen molar-refractivity contribution in [3.05, 3.63) is 59.4 Å². The smallest absolute Gasteiger partial charge is 0.226 e. The normalized spacial score (nSPS) is 10.9. The zero-order chi connectivity index (χ0) is 14.5. The molecule has 2 heterocycles. The molecule has 1 aromatic carbocycles. The van der Waals surface area contributed by atoms with Gasteiger partial charge in [0.15, 0.2) is 4.96 Å². The van der Waals surface area contributed by atoms with Gasteiger partial charge in [-0.1, -0.05) is 30.3 Å². The Labute approximate surface area is 127 Å². The summed E-state index contributed by atoms with van der Waals surface area (Å²) in [4.78, 5) is 17.2. The Balaban J connectivity index is 1.41. The third-order valence-electron chi connectivity index (χ3n) is 3.29. The van der Waals surface area contributed by atoms with Crippen LogP contribution >= 0.6 is 11.3 Å². The molecule has 0 unspecified atom stereocenters. The van der Waals surface area contributed by atoms with Crippen LogP contribution in [0.3, 0.4) is 0 Å². The molecule has 1 N–H and O–H groups in total. The zero-order valence-electron chi connectivity index (χ0n) is 11.7. The molecule has 4 nitrogen and oxygen atoms in total. The Morgan fingerprint density at radius 3 is 2.95 bits per heavy atom. The first-order valence-corrected chi connectivity index (χ1v) is 7.91.